The van der Waals surface area contributed by atoms with Crippen LogP contribution in [0.25, 0.3) is 0 Å². The van der Waals surface area contributed by atoms with Gasteiger partial charge in [-0.1, -0.05) is 12.1 Å². The summed E-state index contributed by atoms with van der Waals surface area (Å²) < 4.78 is 30.6. The van der Waals surface area contributed by atoms with Crippen LogP contribution in [-0.2, 0) is 13.0 Å². The number of rotatable bonds is 7. The van der Waals surface area contributed by atoms with Crippen LogP contribution >= 0.6 is 0 Å². The van der Waals surface area contributed by atoms with Gasteiger partial charge in [-0.25, -0.2) is 4.39 Å². The third-order valence-electron chi connectivity index (χ3n) is 4.69. The van der Waals surface area contributed by atoms with Gasteiger partial charge >= 0.3 is 0 Å². The van der Waals surface area contributed by atoms with E-state index in [1.807, 2.05) is 24.3 Å². The Kier molecular flexibility index (Phi) is 6.47. The molecule has 1 aliphatic rings. The van der Waals surface area contributed by atoms with E-state index in [-0.39, 0.29) is 12.5 Å². The fourth-order valence-electron chi connectivity index (χ4n) is 3.10. The average molecular weight is 422 g/mol. The molecule has 0 amide bonds. The van der Waals surface area contributed by atoms with E-state index in [9.17, 15) is 4.39 Å². The van der Waals surface area contributed by atoms with Crippen molar-refractivity contribution in [3.63, 3.8) is 0 Å². The maximum absolute atomic E-state index is 14.4. The fraction of sp³-hybridized carbons (Fsp3) is 0.217. The number of fused-ring (bicyclic) bond motifs is 1. The molecule has 0 unspecified atom stereocenters. The lowest BCUT2D eigenvalue weighted by molar-refractivity contribution is 0.174. The topological polar surface area (TPSA) is 77.0 Å². The molecule has 0 aliphatic carbocycles. The number of nitrogens with zero attached hydrogens (tertiary/aromatic N) is 2. The molecule has 0 saturated carbocycles. The van der Waals surface area contributed by atoms with Gasteiger partial charge in [0.05, 0.1) is 6.20 Å². The van der Waals surface area contributed by atoms with Gasteiger partial charge in [-0.2, -0.15) is 0 Å². The maximum Gasteiger partial charge on any atom is 0.231 e. The zero-order chi connectivity index (χ0) is 21.5. The maximum atomic E-state index is 14.4. The van der Waals surface area contributed by atoms with Crippen LogP contribution in [0.2, 0.25) is 0 Å². The summed E-state index contributed by atoms with van der Waals surface area (Å²) in [6.07, 6.45) is 3.97. The van der Waals surface area contributed by atoms with Crippen LogP contribution < -0.4 is 24.8 Å². The highest BCUT2D eigenvalue weighted by atomic mass is 19.1. The molecular weight excluding hydrogens is 399 g/mol. The third-order valence-corrected chi connectivity index (χ3v) is 4.69. The van der Waals surface area contributed by atoms with E-state index in [1.165, 1.54) is 12.3 Å². The van der Waals surface area contributed by atoms with Crippen molar-refractivity contribution in [2.24, 2.45) is 4.99 Å². The van der Waals surface area contributed by atoms with Crippen molar-refractivity contribution in [3.8, 4) is 23.0 Å². The zero-order valence-electron chi connectivity index (χ0n) is 17.1. The van der Waals surface area contributed by atoms with Crippen molar-refractivity contribution in [2.45, 2.75) is 13.0 Å². The predicted octanol–water partition coefficient (Wildman–Crippen LogP) is 3.65. The lowest BCUT2D eigenvalue weighted by atomic mass is 10.1. The lowest BCUT2D eigenvalue weighted by Crippen LogP contribution is -2.37. The van der Waals surface area contributed by atoms with E-state index in [0.29, 0.717) is 24.8 Å². The lowest BCUT2D eigenvalue weighted by Gasteiger charge is -2.13. The molecule has 0 bridgehead atoms. The van der Waals surface area contributed by atoms with Crippen molar-refractivity contribution in [1.82, 2.24) is 15.6 Å². The van der Waals surface area contributed by atoms with Gasteiger partial charge in [0, 0.05) is 26.3 Å². The molecule has 0 radical (unpaired) electrons. The minimum atomic E-state index is -0.436. The standard InChI is InChI=1S/C23H23FN4O3/c1-25-23(27-10-8-16-4-7-21-22(12-16)30-15-29-21)28-13-17-5-6-20(19(24)11-17)31-18-3-2-9-26-14-18/h2-7,9,11-12,14H,8,10,13,15H2,1H3,(H2,25,27,28). The highest BCUT2D eigenvalue weighted by Gasteiger charge is 2.13. The molecule has 3 aromatic rings. The van der Waals surface area contributed by atoms with Crippen LogP contribution in [0.5, 0.6) is 23.0 Å². The molecule has 1 aromatic heterocycles. The Morgan fingerprint density at radius 1 is 1.10 bits per heavy atom. The van der Waals surface area contributed by atoms with Gasteiger partial charge in [-0.05, 0) is 53.9 Å². The first-order chi connectivity index (χ1) is 15.2. The smallest absolute Gasteiger partial charge is 0.231 e. The first kappa shape index (κ1) is 20.5. The van der Waals surface area contributed by atoms with Crippen LogP contribution in [-0.4, -0.2) is 31.3 Å². The van der Waals surface area contributed by atoms with E-state index in [2.05, 4.69) is 20.6 Å². The zero-order valence-corrected chi connectivity index (χ0v) is 17.1. The Morgan fingerprint density at radius 2 is 1.97 bits per heavy atom. The Bertz CT molecular complexity index is 1060. The first-order valence-corrected chi connectivity index (χ1v) is 9.90. The van der Waals surface area contributed by atoms with Gasteiger partial charge < -0.3 is 24.8 Å². The molecule has 7 nitrogen and oxygen atoms in total. The van der Waals surface area contributed by atoms with Crippen LogP contribution in [0.15, 0.2) is 65.9 Å². The van der Waals surface area contributed by atoms with E-state index < -0.39 is 5.82 Å². The summed E-state index contributed by atoms with van der Waals surface area (Å²) in [4.78, 5) is 8.17. The summed E-state index contributed by atoms with van der Waals surface area (Å²) in [7, 11) is 1.70. The Hall–Kier alpha value is -3.81. The minimum absolute atomic E-state index is 0.156. The molecule has 2 heterocycles. The fourth-order valence-corrected chi connectivity index (χ4v) is 3.10. The summed E-state index contributed by atoms with van der Waals surface area (Å²) >= 11 is 0. The quantitative estimate of drug-likeness (QED) is 0.447. The van der Waals surface area contributed by atoms with Crippen LogP contribution in [0.4, 0.5) is 4.39 Å². The third kappa shape index (κ3) is 5.42. The van der Waals surface area contributed by atoms with Gasteiger partial charge in [-0.3, -0.25) is 9.98 Å². The van der Waals surface area contributed by atoms with Crippen LogP contribution in [0.3, 0.4) is 0 Å². The van der Waals surface area contributed by atoms with Gasteiger partial charge in [0.25, 0.3) is 0 Å². The summed E-state index contributed by atoms with van der Waals surface area (Å²) in [5, 5.41) is 6.44. The van der Waals surface area contributed by atoms with Gasteiger partial charge in [0.15, 0.2) is 29.0 Å². The average Bonchev–Trinajstić information content (AvgIpc) is 3.26. The number of aromatic nitrogens is 1. The van der Waals surface area contributed by atoms with E-state index in [0.717, 1.165) is 29.0 Å². The molecule has 2 aromatic carbocycles. The van der Waals surface area contributed by atoms with Crippen molar-refractivity contribution < 1.29 is 18.6 Å². The number of pyridine rings is 1. The summed E-state index contributed by atoms with van der Waals surface area (Å²) in [6, 6.07) is 14.2. The normalized spacial score (nSPS) is 12.5. The Labute approximate surface area is 179 Å². The monoisotopic (exact) mass is 422 g/mol. The number of hydrogen-bond donors (Lipinski definition) is 2. The molecule has 8 heteroatoms. The molecule has 0 saturated heterocycles. The molecule has 1 aliphatic heterocycles. The first-order valence-electron chi connectivity index (χ1n) is 9.90. The second-order valence-electron chi connectivity index (χ2n) is 6.85. The predicted molar refractivity (Wildman–Crippen MR) is 115 cm³/mol. The molecule has 0 spiro atoms. The largest absolute Gasteiger partial charge is 0.454 e. The summed E-state index contributed by atoms with van der Waals surface area (Å²) in [5.74, 6) is 2.39. The van der Waals surface area contributed by atoms with Gasteiger partial charge in [0.2, 0.25) is 6.79 Å². The number of ether oxygens (including phenoxy) is 3. The van der Waals surface area contributed by atoms with E-state index in [4.69, 9.17) is 14.2 Å². The Morgan fingerprint density at radius 3 is 2.77 bits per heavy atom. The molecule has 31 heavy (non-hydrogen) atoms. The molecule has 4 rings (SSSR count). The van der Waals surface area contributed by atoms with Crippen LogP contribution in [0, 0.1) is 5.82 Å². The van der Waals surface area contributed by atoms with E-state index >= 15 is 0 Å². The second-order valence-corrected chi connectivity index (χ2v) is 6.85. The Balaban J connectivity index is 1.26. The SMILES string of the molecule is CN=C(NCCc1ccc2c(c1)OCO2)NCc1ccc(Oc2cccnc2)c(F)c1. The summed E-state index contributed by atoms with van der Waals surface area (Å²) in [5.41, 5.74) is 1.91. The van der Waals surface area contributed by atoms with Crippen molar-refractivity contribution in [3.05, 3.63) is 77.9 Å². The van der Waals surface area contributed by atoms with Gasteiger partial charge in [0.1, 0.15) is 5.75 Å². The number of halogens is 1. The van der Waals surface area contributed by atoms with Crippen molar-refractivity contribution >= 4 is 5.96 Å². The molecule has 0 fully saturated rings. The van der Waals surface area contributed by atoms with Crippen molar-refractivity contribution in [1.29, 1.82) is 0 Å². The minimum Gasteiger partial charge on any atom is -0.454 e. The van der Waals surface area contributed by atoms with Crippen LogP contribution in [0.1, 0.15) is 11.1 Å². The second kappa shape index (κ2) is 9.80. The number of nitrogens with one attached hydrogen (secondary N) is 2. The highest BCUT2D eigenvalue weighted by Crippen LogP contribution is 2.32. The molecule has 160 valence electrons. The molecule has 2 N–H and O–H groups in total. The van der Waals surface area contributed by atoms with E-state index in [1.54, 1.807) is 31.4 Å². The highest BCUT2D eigenvalue weighted by molar-refractivity contribution is 5.79. The van der Waals surface area contributed by atoms with Gasteiger partial charge in [-0.15, -0.1) is 0 Å². The molecular formula is C23H23FN4O3. The summed E-state index contributed by atoms with van der Waals surface area (Å²) in [6.45, 7) is 1.38. The number of guanidine groups is 1. The molecule has 0 atom stereocenters. The number of benzene rings is 2. The van der Waals surface area contributed by atoms with Crippen molar-refractivity contribution in [2.75, 3.05) is 20.4 Å². The number of hydrogen-bond acceptors (Lipinski definition) is 5. The number of aliphatic imine (C=N–C) groups is 1.